The molecule has 0 spiro atoms. The third-order valence-electron chi connectivity index (χ3n) is 4.87. The summed E-state index contributed by atoms with van der Waals surface area (Å²) in [7, 11) is 3.19. The number of rotatable bonds is 8. The van der Waals surface area contributed by atoms with Gasteiger partial charge in [-0.15, -0.1) is 0 Å². The Morgan fingerprint density at radius 3 is 2.55 bits per heavy atom. The van der Waals surface area contributed by atoms with Gasteiger partial charge in [0.15, 0.2) is 11.5 Å². The molecule has 0 aliphatic rings. The number of nitro benzene ring substituents is 1. The molecule has 0 fully saturated rings. The molecule has 0 atom stereocenters. The van der Waals surface area contributed by atoms with Crippen LogP contribution in [0.25, 0.3) is 5.69 Å². The fraction of sp³-hybridized carbons (Fsp3) is 0.227. The molecule has 0 saturated heterocycles. The molecule has 0 saturated carbocycles. The molecular formula is C22H23BrN4O4. The van der Waals surface area contributed by atoms with Gasteiger partial charge in [-0.3, -0.25) is 10.1 Å². The van der Waals surface area contributed by atoms with E-state index in [9.17, 15) is 10.1 Å². The van der Waals surface area contributed by atoms with Crippen LogP contribution in [0, 0.1) is 24.0 Å². The summed E-state index contributed by atoms with van der Waals surface area (Å²) in [5.41, 5.74) is 7.17. The number of methoxy groups -OCH3 is 2. The van der Waals surface area contributed by atoms with Crippen molar-refractivity contribution in [3.05, 3.63) is 79.6 Å². The van der Waals surface area contributed by atoms with Crippen molar-refractivity contribution in [1.29, 1.82) is 0 Å². The van der Waals surface area contributed by atoms with Gasteiger partial charge in [0.25, 0.3) is 5.69 Å². The highest BCUT2D eigenvalue weighted by atomic mass is 79.9. The molecule has 0 unspecified atom stereocenters. The van der Waals surface area contributed by atoms with Gasteiger partial charge in [0, 0.05) is 27.5 Å². The van der Waals surface area contributed by atoms with Crippen molar-refractivity contribution in [2.45, 2.75) is 20.4 Å². The molecule has 9 heteroatoms. The van der Waals surface area contributed by atoms with Crippen molar-refractivity contribution < 1.29 is 14.4 Å². The summed E-state index contributed by atoms with van der Waals surface area (Å²) in [5, 5.41) is 15.8. The van der Waals surface area contributed by atoms with E-state index in [1.54, 1.807) is 32.6 Å². The maximum absolute atomic E-state index is 11.5. The molecule has 0 aliphatic heterocycles. The molecule has 1 aromatic heterocycles. The predicted octanol–water partition coefficient (Wildman–Crippen LogP) is 4.91. The van der Waals surface area contributed by atoms with Crippen LogP contribution in [0.15, 0.2) is 52.0 Å². The summed E-state index contributed by atoms with van der Waals surface area (Å²) >= 11 is 3.30. The smallest absolute Gasteiger partial charge is 0.294 e. The van der Waals surface area contributed by atoms with Crippen molar-refractivity contribution in [3.8, 4) is 17.2 Å². The number of nitro groups is 1. The minimum Gasteiger partial charge on any atom is -0.493 e. The van der Waals surface area contributed by atoms with Gasteiger partial charge in [-0.1, -0.05) is 22.0 Å². The first-order valence-electron chi connectivity index (χ1n) is 9.45. The number of nitrogens with zero attached hydrogens (tertiary/aromatic N) is 3. The van der Waals surface area contributed by atoms with E-state index < -0.39 is 0 Å². The van der Waals surface area contributed by atoms with E-state index in [-0.39, 0.29) is 10.6 Å². The lowest BCUT2D eigenvalue weighted by Crippen LogP contribution is -2.06. The van der Waals surface area contributed by atoms with Crippen LogP contribution in [0.5, 0.6) is 11.5 Å². The molecule has 8 nitrogen and oxygen atoms in total. The Morgan fingerprint density at radius 2 is 1.87 bits per heavy atom. The number of hydrazone groups is 1. The SMILES string of the molecule is COc1ccc(CN/N=C/c2cc(C)n(-c3ccc(Br)cc3[N+](=O)[O-])c2C)cc1OC. The molecule has 3 rings (SSSR count). The Bertz CT molecular complexity index is 1140. The zero-order chi connectivity index (χ0) is 22.5. The van der Waals surface area contributed by atoms with Crippen LogP contribution in [0.1, 0.15) is 22.5 Å². The van der Waals surface area contributed by atoms with Crippen molar-refractivity contribution in [3.63, 3.8) is 0 Å². The monoisotopic (exact) mass is 486 g/mol. The molecule has 0 amide bonds. The number of aromatic nitrogens is 1. The van der Waals surface area contributed by atoms with Gasteiger partial charge in [-0.25, -0.2) is 0 Å². The molecule has 1 N–H and O–H groups in total. The molecular weight excluding hydrogens is 464 g/mol. The van der Waals surface area contributed by atoms with Crippen molar-refractivity contribution in [2.75, 3.05) is 14.2 Å². The number of ether oxygens (including phenoxy) is 2. The van der Waals surface area contributed by atoms with E-state index in [1.807, 2.05) is 42.7 Å². The first-order valence-corrected chi connectivity index (χ1v) is 10.2. The van der Waals surface area contributed by atoms with Gasteiger partial charge in [-0.2, -0.15) is 5.10 Å². The zero-order valence-electron chi connectivity index (χ0n) is 17.7. The summed E-state index contributed by atoms with van der Waals surface area (Å²) in [4.78, 5) is 11.1. The Kier molecular flexibility index (Phi) is 6.96. The highest BCUT2D eigenvalue weighted by molar-refractivity contribution is 9.10. The van der Waals surface area contributed by atoms with Crippen LogP contribution in [0.2, 0.25) is 0 Å². The highest BCUT2D eigenvalue weighted by Crippen LogP contribution is 2.30. The zero-order valence-corrected chi connectivity index (χ0v) is 19.3. The van der Waals surface area contributed by atoms with Gasteiger partial charge in [0.05, 0.1) is 31.9 Å². The molecule has 31 heavy (non-hydrogen) atoms. The van der Waals surface area contributed by atoms with Crippen molar-refractivity contribution in [2.24, 2.45) is 5.10 Å². The summed E-state index contributed by atoms with van der Waals surface area (Å²) < 4.78 is 13.1. The van der Waals surface area contributed by atoms with Crippen LogP contribution in [0.3, 0.4) is 0 Å². The molecule has 0 radical (unpaired) electrons. The molecule has 162 valence electrons. The van der Waals surface area contributed by atoms with Gasteiger partial charge in [0.1, 0.15) is 5.69 Å². The maximum Gasteiger partial charge on any atom is 0.294 e. The Labute approximate surface area is 188 Å². The van der Waals surface area contributed by atoms with Crippen LogP contribution in [-0.2, 0) is 6.54 Å². The minimum absolute atomic E-state index is 0.0336. The minimum atomic E-state index is -0.378. The normalized spacial score (nSPS) is 11.0. The van der Waals surface area contributed by atoms with E-state index in [0.29, 0.717) is 28.2 Å². The summed E-state index contributed by atoms with van der Waals surface area (Å²) in [5.74, 6) is 1.33. The standard InChI is InChI=1S/C22H23BrN4O4/c1-14-9-17(13-25-24-12-16-5-8-21(30-3)22(10-16)31-4)15(2)26(14)19-7-6-18(23)11-20(19)27(28)29/h5-11,13,24H,12H2,1-4H3/b25-13+. The van der Waals surface area contributed by atoms with E-state index in [2.05, 4.69) is 26.5 Å². The second-order valence-corrected chi connectivity index (χ2v) is 7.75. The topological polar surface area (TPSA) is 90.9 Å². The molecule has 0 aliphatic carbocycles. The Morgan fingerprint density at radius 1 is 1.13 bits per heavy atom. The lowest BCUT2D eigenvalue weighted by atomic mass is 10.2. The summed E-state index contributed by atoms with van der Waals surface area (Å²) in [6.45, 7) is 4.33. The van der Waals surface area contributed by atoms with Gasteiger partial charge < -0.3 is 19.5 Å². The average Bonchev–Trinajstić information content (AvgIpc) is 3.04. The van der Waals surface area contributed by atoms with Gasteiger partial charge in [-0.05, 0) is 49.7 Å². The summed E-state index contributed by atoms with van der Waals surface area (Å²) in [6, 6.07) is 12.6. The van der Waals surface area contributed by atoms with Gasteiger partial charge in [0.2, 0.25) is 0 Å². The Balaban J connectivity index is 1.79. The van der Waals surface area contributed by atoms with E-state index in [1.165, 1.54) is 6.07 Å². The third kappa shape index (κ3) is 4.88. The number of aryl methyl sites for hydroxylation is 1. The highest BCUT2D eigenvalue weighted by Gasteiger charge is 2.19. The fourth-order valence-electron chi connectivity index (χ4n) is 3.36. The van der Waals surface area contributed by atoms with Crippen molar-refractivity contribution >= 4 is 27.8 Å². The number of hydrogen-bond acceptors (Lipinski definition) is 6. The van der Waals surface area contributed by atoms with Gasteiger partial charge >= 0.3 is 0 Å². The lowest BCUT2D eigenvalue weighted by Gasteiger charge is -2.10. The second-order valence-electron chi connectivity index (χ2n) is 6.83. The largest absolute Gasteiger partial charge is 0.493 e. The number of nitrogens with one attached hydrogen (secondary N) is 1. The maximum atomic E-state index is 11.5. The second kappa shape index (κ2) is 9.65. The van der Waals surface area contributed by atoms with Crippen LogP contribution < -0.4 is 14.9 Å². The van der Waals surface area contributed by atoms with E-state index in [4.69, 9.17) is 9.47 Å². The van der Waals surface area contributed by atoms with Crippen LogP contribution >= 0.6 is 15.9 Å². The molecule has 2 aromatic carbocycles. The lowest BCUT2D eigenvalue weighted by molar-refractivity contribution is -0.384. The number of hydrogen-bond donors (Lipinski definition) is 1. The summed E-state index contributed by atoms with van der Waals surface area (Å²) in [6.07, 6.45) is 1.71. The quantitative estimate of drug-likeness (QED) is 0.277. The number of halogens is 1. The van der Waals surface area contributed by atoms with E-state index >= 15 is 0 Å². The van der Waals surface area contributed by atoms with E-state index in [0.717, 1.165) is 22.5 Å². The van der Waals surface area contributed by atoms with Crippen LogP contribution in [0.4, 0.5) is 5.69 Å². The predicted molar refractivity (Wildman–Crippen MR) is 124 cm³/mol. The third-order valence-corrected chi connectivity index (χ3v) is 5.36. The first-order chi connectivity index (χ1) is 14.8. The fourth-order valence-corrected chi connectivity index (χ4v) is 3.71. The molecule has 3 aromatic rings. The average molecular weight is 487 g/mol. The number of benzene rings is 2. The molecule has 1 heterocycles. The van der Waals surface area contributed by atoms with Crippen LogP contribution in [-0.4, -0.2) is 29.9 Å². The molecule has 0 bridgehead atoms. The Hall–Kier alpha value is -3.33. The van der Waals surface area contributed by atoms with Crippen molar-refractivity contribution in [1.82, 2.24) is 9.99 Å². The first kappa shape index (κ1) is 22.4.